The summed E-state index contributed by atoms with van der Waals surface area (Å²) >= 11 is 0. The zero-order valence-corrected chi connectivity index (χ0v) is 6.96. The molecule has 2 atom stereocenters. The summed E-state index contributed by atoms with van der Waals surface area (Å²) in [7, 11) is 0. The number of aliphatic hydroxyl groups is 3. The Labute approximate surface area is 75.7 Å². The maximum atomic E-state index is 9.39. The first kappa shape index (κ1) is 9.98. The van der Waals surface area contributed by atoms with Crippen LogP contribution in [0, 0.1) is 0 Å². The molecule has 0 spiro atoms. The molecule has 1 aromatic rings. The summed E-state index contributed by atoms with van der Waals surface area (Å²) in [5.41, 5.74) is 0.458. The molecule has 0 fully saturated rings. The van der Waals surface area contributed by atoms with Gasteiger partial charge in [-0.1, -0.05) is 12.1 Å². The summed E-state index contributed by atoms with van der Waals surface area (Å²) in [5.74, 6) is 0.0921. The molecule has 0 aliphatic carbocycles. The van der Waals surface area contributed by atoms with E-state index < -0.39 is 18.8 Å². The summed E-state index contributed by atoms with van der Waals surface area (Å²) in [6.45, 7) is -0.498. The first-order chi connectivity index (χ1) is 6.15. The van der Waals surface area contributed by atoms with Crippen LogP contribution in [0.1, 0.15) is 11.7 Å². The Morgan fingerprint density at radius 1 is 1.08 bits per heavy atom. The Kier molecular flexibility index (Phi) is 3.25. The predicted octanol–water partition coefficient (Wildman–Crippen LogP) is -0.221. The lowest BCUT2D eigenvalue weighted by molar-refractivity contribution is -0.0152. The Hall–Kier alpha value is -1.10. The minimum atomic E-state index is -1.19. The van der Waals surface area contributed by atoms with E-state index in [1.165, 1.54) is 24.3 Å². The smallest absolute Gasteiger partial charge is 0.115 e. The lowest BCUT2D eigenvalue weighted by Crippen LogP contribution is -2.21. The van der Waals surface area contributed by atoms with Crippen LogP contribution in [0.15, 0.2) is 24.3 Å². The average Bonchev–Trinajstić information content (AvgIpc) is 2.17. The standard InChI is InChI=1S/C9H12O4/c10-5-8(12)9(13)6-1-3-7(11)4-2-6/h1-4,8-13H,5H2/t8?,9-/m1/s1. The van der Waals surface area contributed by atoms with E-state index in [0.29, 0.717) is 5.56 Å². The Morgan fingerprint density at radius 2 is 1.62 bits per heavy atom. The van der Waals surface area contributed by atoms with Crippen molar-refractivity contribution in [1.82, 2.24) is 0 Å². The van der Waals surface area contributed by atoms with Crippen molar-refractivity contribution >= 4 is 0 Å². The number of benzene rings is 1. The highest BCUT2D eigenvalue weighted by atomic mass is 16.4. The third kappa shape index (κ3) is 2.42. The van der Waals surface area contributed by atoms with Crippen molar-refractivity contribution in [1.29, 1.82) is 0 Å². The molecule has 1 rings (SSSR count). The summed E-state index contributed by atoms with van der Waals surface area (Å²) in [6, 6.07) is 5.78. The molecule has 72 valence electrons. The molecule has 13 heavy (non-hydrogen) atoms. The lowest BCUT2D eigenvalue weighted by Gasteiger charge is -2.15. The molecule has 4 N–H and O–H groups in total. The molecule has 0 bridgehead atoms. The number of phenols is 1. The molecular formula is C9H12O4. The first-order valence-corrected chi connectivity index (χ1v) is 3.91. The normalized spacial score (nSPS) is 15.3. The monoisotopic (exact) mass is 184 g/mol. The molecular weight excluding hydrogens is 172 g/mol. The summed E-state index contributed by atoms with van der Waals surface area (Å²) in [4.78, 5) is 0. The minimum Gasteiger partial charge on any atom is -0.508 e. The van der Waals surface area contributed by atoms with Crippen molar-refractivity contribution < 1.29 is 20.4 Å². The van der Waals surface area contributed by atoms with Crippen LogP contribution in [0.2, 0.25) is 0 Å². The van der Waals surface area contributed by atoms with E-state index in [2.05, 4.69) is 0 Å². The van der Waals surface area contributed by atoms with Gasteiger partial charge in [0.15, 0.2) is 0 Å². The van der Waals surface area contributed by atoms with Gasteiger partial charge in [0.25, 0.3) is 0 Å². The number of hydrogen-bond donors (Lipinski definition) is 4. The van der Waals surface area contributed by atoms with Gasteiger partial charge in [-0.15, -0.1) is 0 Å². The molecule has 1 unspecified atom stereocenters. The van der Waals surface area contributed by atoms with E-state index in [4.69, 9.17) is 15.3 Å². The van der Waals surface area contributed by atoms with Crippen LogP contribution in [0.3, 0.4) is 0 Å². The molecule has 4 heteroatoms. The summed E-state index contributed by atoms with van der Waals surface area (Å²) < 4.78 is 0. The molecule has 0 saturated heterocycles. The van der Waals surface area contributed by atoms with Crippen molar-refractivity contribution in [3.63, 3.8) is 0 Å². The Balaban J connectivity index is 2.77. The van der Waals surface area contributed by atoms with E-state index in [-0.39, 0.29) is 5.75 Å². The molecule has 0 radical (unpaired) electrons. The zero-order valence-electron chi connectivity index (χ0n) is 6.96. The van der Waals surface area contributed by atoms with Gasteiger partial charge >= 0.3 is 0 Å². The topological polar surface area (TPSA) is 80.9 Å². The summed E-state index contributed by atoms with van der Waals surface area (Å²) in [6.07, 6.45) is -2.31. The Bertz CT molecular complexity index is 257. The van der Waals surface area contributed by atoms with E-state index in [0.717, 1.165) is 0 Å². The van der Waals surface area contributed by atoms with Crippen LogP contribution in [0.4, 0.5) is 0 Å². The van der Waals surface area contributed by atoms with Gasteiger partial charge in [0.2, 0.25) is 0 Å². The highest BCUT2D eigenvalue weighted by molar-refractivity contribution is 5.27. The van der Waals surface area contributed by atoms with Crippen molar-refractivity contribution in [3.8, 4) is 5.75 Å². The number of rotatable bonds is 3. The fraction of sp³-hybridized carbons (Fsp3) is 0.333. The van der Waals surface area contributed by atoms with Crippen molar-refractivity contribution in [2.45, 2.75) is 12.2 Å². The molecule has 1 aromatic carbocycles. The fourth-order valence-corrected chi connectivity index (χ4v) is 0.993. The van der Waals surface area contributed by atoms with Crippen LogP contribution in [0.25, 0.3) is 0 Å². The highest BCUT2D eigenvalue weighted by Crippen LogP contribution is 2.19. The van der Waals surface area contributed by atoms with Crippen molar-refractivity contribution in [2.24, 2.45) is 0 Å². The lowest BCUT2D eigenvalue weighted by atomic mass is 10.1. The third-order valence-electron chi connectivity index (χ3n) is 1.79. The van der Waals surface area contributed by atoms with Crippen LogP contribution >= 0.6 is 0 Å². The van der Waals surface area contributed by atoms with Gasteiger partial charge in [0, 0.05) is 0 Å². The highest BCUT2D eigenvalue weighted by Gasteiger charge is 2.16. The van der Waals surface area contributed by atoms with Crippen molar-refractivity contribution in [3.05, 3.63) is 29.8 Å². The van der Waals surface area contributed by atoms with Gasteiger partial charge < -0.3 is 20.4 Å². The van der Waals surface area contributed by atoms with Gasteiger partial charge in [-0.05, 0) is 17.7 Å². The maximum Gasteiger partial charge on any atom is 0.115 e. The second-order valence-electron chi connectivity index (χ2n) is 2.79. The van der Waals surface area contributed by atoms with Gasteiger partial charge in [0.05, 0.1) is 6.61 Å². The van der Waals surface area contributed by atoms with E-state index in [1.807, 2.05) is 0 Å². The third-order valence-corrected chi connectivity index (χ3v) is 1.79. The molecule has 4 nitrogen and oxygen atoms in total. The van der Waals surface area contributed by atoms with Gasteiger partial charge in [0.1, 0.15) is 18.0 Å². The van der Waals surface area contributed by atoms with Crippen LogP contribution in [-0.2, 0) is 0 Å². The van der Waals surface area contributed by atoms with E-state index >= 15 is 0 Å². The van der Waals surface area contributed by atoms with Crippen LogP contribution < -0.4 is 0 Å². The number of hydrogen-bond acceptors (Lipinski definition) is 4. The SMILES string of the molecule is OCC(O)[C@H](O)c1ccc(O)cc1. The quantitative estimate of drug-likeness (QED) is 0.523. The van der Waals surface area contributed by atoms with E-state index in [9.17, 15) is 5.11 Å². The second-order valence-corrected chi connectivity index (χ2v) is 2.79. The Morgan fingerprint density at radius 3 is 2.08 bits per heavy atom. The minimum absolute atomic E-state index is 0.0921. The largest absolute Gasteiger partial charge is 0.508 e. The zero-order chi connectivity index (χ0) is 9.84. The molecule has 0 aliphatic heterocycles. The van der Waals surface area contributed by atoms with Crippen molar-refractivity contribution in [2.75, 3.05) is 6.61 Å². The molecule has 0 heterocycles. The fourth-order valence-electron chi connectivity index (χ4n) is 0.993. The molecule has 0 aromatic heterocycles. The maximum absolute atomic E-state index is 9.39. The van der Waals surface area contributed by atoms with Gasteiger partial charge in [-0.2, -0.15) is 0 Å². The molecule has 0 amide bonds. The molecule has 0 aliphatic rings. The first-order valence-electron chi connectivity index (χ1n) is 3.91. The second kappa shape index (κ2) is 4.23. The number of aliphatic hydroxyl groups excluding tert-OH is 3. The van der Waals surface area contributed by atoms with Gasteiger partial charge in [-0.3, -0.25) is 0 Å². The number of phenolic OH excluding ortho intramolecular Hbond substituents is 1. The molecule has 0 saturated carbocycles. The van der Waals surface area contributed by atoms with E-state index in [1.54, 1.807) is 0 Å². The van der Waals surface area contributed by atoms with Crippen LogP contribution in [-0.4, -0.2) is 33.1 Å². The average molecular weight is 184 g/mol. The predicted molar refractivity (Wildman–Crippen MR) is 46.2 cm³/mol. The summed E-state index contributed by atoms with van der Waals surface area (Å²) in [5, 5.41) is 36.0. The number of aromatic hydroxyl groups is 1. The van der Waals surface area contributed by atoms with Gasteiger partial charge in [-0.25, -0.2) is 0 Å². The van der Waals surface area contributed by atoms with Crippen LogP contribution in [0.5, 0.6) is 5.75 Å².